The Morgan fingerprint density at radius 2 is 2.42 bits per heavy atom. The molecule has 0 amide bonds. The van der Waals surface area contributed by atoms with Crippen LogP contribution in [-0.2, 0) is 0 Å². The van der Waals surface area contributed by atoms with E-state index in [0.717, 1.165) is 0 Å². The molecule has 0 aliphatic rings. The second kappa shape index (κ2) is 3.77. The van der Waals surface area contributed by atoms with Gasteiger partial charge in [0.2, 0.25) is 0 Å². The number of nitrogens with two attached hydrogens (primary N) is 2. The van der Waals surface area contributed by atoms with Gasteiger partial charge < -0.3 is 11.5 Å². The fourth-order valence-electron chi connectivity index (χ4n) is 0.663. The van der Waals surface area contributed by atoms with Gasteiger partial charge in [-0.3, -0.25) is 4.98 Å². The zero-order chi connectivity index (χ0) is 8.97. The van der Waals surface area contributed by atoms with Crippen LogP contribution in [0.15, 0.2) is 23.3 Å². The van der Waals surface area contributed by atoms with Crippen molar-refractivity contribution in [2.24, 2.45) is 10.7 Å². The van der Waals surface area contributed by atoms with Gasteiger partial charge in [0.25, 0.3) is 0 Å². The summed E-state index contributed by atoms with van der Waals surface area (Å²) in [5.41, 5.74) is 11.9. The minimum absolute atomic E-state index is 0.0695. The Morgan fingerprint density at radius 1 is 1.67 bits per heavy atom. The third-order valence-corrected chi connectivity index (χ3v) is 1.29. The van der Waals surface area contributed by atoms with E-state index >= 15 is 0 Å². The monoisotopic (exact) mass is 180 g/mol. The first-order valence-corrected chi connectivity index (χ1v) is 3.65. The molecule has 1 heterocycles. The Bertz CT molecular complexity index is 321. The standard InChI is InChI=1S/C7H8N4S/c8-5-2-1-3-10-6(5)4-11-7(9)12/h1-4H,8H2,(H2,9,12)/b11-4+. The van der Waals surface area contributed by atoms with Gasteiger partial charge in [0.1, 0.15) is 5.69 Å². The minimum Gasteiger partial charge on any atom is -0.397 e. The van der Waals surface area contributed by atoms with Crippen molar-refractivity contribution >= 4 is 29.2 Å². The molecule has 0 aliphatic heterocycles. The number of anilines is 1. The normalized spacial score (nSPS) is 10.3. The van der Waals surface area contributed by atoms with Crippen molar-refractivity contribution in [1.29, 1.82) is 0 Å². The van der Waals surface area contributed by atoms with Crippen molar-refractivity contribution in [1.82, 2.24) is 4.98 Å². The molecule has 0 aromatic carbocycles. The smallest absolute Gasteiger partial charge is 0.190 e. The molecule has 0 saturated carbocycles. The summed E-state index contributed by atoms with van der Waals surface area (Å²) in [7, 11) is 0. The van der Waals surface area contributed by atoms with Gasteiger partial charge in [0, 0.05) is 6.20 Å². The van der Waals surface area contributed by atoms with Crippen LogP contribution in [0.5, 0.6) is 0 Å². The Kier molecular flexibility index (Phi) is 2.71. The van der Waals surface area contributed by atoms with Crippen molar-refractivity contribution in [3.8, 4) is 0 Å². The highest BCUT2D eigenvalue weighted by Gasteiger charge is 1.93. The van der Waals surface area contributed by atoms with E-state index in [9.17, 15) is 0 Å². The molecule has 0 atom stereocenters. The van der Waals surface area contributed by atoms with Gasteiger partial charge in [-0.15, -0.1) is 0 Å². The Hall–Kier alpha value is -1.49. The van der Waals surface area contributed by atoms with Gasteiger partial charge >= 0.3 is 0 Å². The molecule has 5 heteroatoms. The second-order valence-electron chi connectivity index (χ2n) is 2.07. The van der Waals surface area contributed by atoms with E-state index in [1.54, 1.807) is 18.3 Å². The molecular formula is C7H8N4S. The first-order chi connectivity index (χ1) is 5.70. The predicted octanol–water partition coefficient (Wildman–Crippen LogP) is 0.326. The largest absolute Gasteiger partial charge is 0.397 e. The van der Waals surface area contributed by atoms with Crippen LogP contribution in [-0.4, -0.2) is 16.3 Å². The lowest BCUT2D eigenvalue weighted by Crippen LogP contribution is -2.05. The number of aliphatic imine (C=N–C) groups is 1. The maximum Gasteiger partial charge on any atom is 0.190 e. The third kappa shape index (κ3) is 2.28. The maximum absolute atomic E-state index is 5.57. The van der Waals surface area contributed by atoms with Crippen LogP contribution in [0, 0.1) is 0 Å². The highest BCUT2D eigenvalue weighted by atomic mass is 32.1. The van der Waals surface area contributed by atoms with Crippen LogP contribution in [0.25, 0.3) is 0 Å². The quantitative estimate of drug-likeness (QED) is 0.482. The fraction of sp³-hybridized carbons (Fsp3) is 0. The number of nitrogens with zero attached hydrogens (tertiary/aromatic N) is 2. The molecular weight excluding hydrogens is 172 g/mol. The van der Waals surface area contributed by atoms with Crippen molar-refractivity contribution in [3.63, 3.8) is 0 Å². The van der Waals surface area contributed by atoms with E-state index in [2.05, 4.69) is 22.2 Å². The molecule has 0 aliphatic carbocycles. The molecule has 0 radical (unpaired) electrons. The van der Waals surface area contributed by atoms with Crippen molar-refractivity contribution in [2.45, 2.75) is 0 Å². The number of hydrogen-bond donors (Lipinski definition) is 2. The average Bonchev–Trinajstić information content (AvgIpc) is 2.03. The summed E-state index contributed by atoms with van der Waals surface area (Å²) in [6, 6.07) is 3.47. The molecule has 12 heavy (non-hydrogen) atoms. The van der Waals surface area contributed by atoms with E-state index in [4.69, 9.17) is 11.5 Å². The average molecular weight is 180 g/mol. The summed E-state index contributed by atoms with van der Waals surface area (Å²) >= 11 is 4.55. The van der Waals surface area contributed by atoms with Gasteiger partial charge in [-0.25, -0.2) is 4.99 Å². The van der Waals surface area contributed by atoms with Gasteiger partial charge in [-0.05, 0) is 24.4 Å². The summed E-state index contributed by atoms with van der Waals surface area (Å²) in [4.78, 5) is 7.66. The van der Waals surface area contributed by atoms with Gasteiger partial charge in [0.15, 0.2) is 5.11 Å². The fourth-order valence-corrected chi connectivity index (χ4v) is 0.715. The van der Waals surface area contributed by atoms with Crippen LogP contribution in [0.4, 0.5) is 5.69 Å². The van der Waals surface area contributed by atoms with Crippen LogP contribution in [0.3, 0.4) is 0 Å². The lowest BCUT2D eigenvalue weighted by molar-refractivity contribution is 1.31. The van der Waals surface area contributed by atoms with Crippen LogP contribution >= 0.6 is 12.2 Å². The third-order valence-electron chi connectivity index (χ3n) is 1.19. The molecule has 0 unspecified atom stereocenters. The zero-order valence-electron chi connectivity index (χ0n) is 6.27. The Morgan fingerprint density at radius 3 is 3.00 bits per heavy atom. The summed E-state index contributed by atoms with van der Waals surface area (Å²) in [5, 5.41) is 0.0695. The zero-order valence-corrected chi connectivity index (χ0v) is 7.08. The number of pyridine rings is 1. The van der Waals surface area contributed by atoms with Crippen molar-refractivity contribution in [2.75, 3.05) is 5.73 Å². The van der Waals surface area contributed by atoms with Gasteiger partial charge in [-0.2, -0.15) is 0 Å². The van der Waals surface area contributed by atoms with Crippen LogP contribution in [0.2, 0.25) is 0 Å². The number of hydrogen-bond acceptors (Lipinski definition) is 3. The first kappa shape index (κ1) is 8.61. The Balaban J connectivity index is 2.89. The molecule has 4 nitrogen and oxygen atoms in total. The molecule has 0 fully saturated rings. The van der Waals surface area contributed by atoms with Crippen molar-refractivity contribution in [3.05, 3.63) is 24.0 Å². The van der Waals surface area contributed by atoms with Crippen LogP contribution in [0.1, 0.15) is 5.69 Å². The van der Waals surface area contributed by atoms with E-state index in [1.165, 1.54) is 6.21 Å². The lowest BCUT2D eigenvalue weighted by atomic mass is 10.3. The summed E-state index contributed by atoms with van der Waals surface area (Å²) in [5.74, 6) is 0. The van der Waals surface area contributed by atoms with E-state index in [-0.39, 0.29) is 5.11 Å². The second-order valence-corrected chi connectivity index (χ2v) is 2.49. The van der Waals surface area contributed by atoms with E-state index < -0.39 is 0 Å². The molecule has 4 N–H and O–H groups in total. The molecule has 0 saturated heterocycles. The molecule has 0 bridgehead atoms. The molecule has 1 aromatic heterocycles. The minimum atomic E-state index is 0.0695. The van der Waals surface area contributed by atoms with Crippen LogP contribution < -0.4 is 11.5 Å². The molecule has 1 aromatic rings. The first-order valence-electron chi connectivity index (χ1n) is 3.24. The highest BCUT2D eigenvalue weighted by Crippen LogP contribution is 2.02. The number of aromatic nitrogens is 1. The summed E-state index contributed by atoms with van der Waals surface area (Å²) in [6.45, 7) is 0. The molecule has 62 valence electrons. The SMILES string of the molecule is NC(=S)/N=C/c1ncccc1N. The van der Waals surface area contributed by atoms with E-state index in [1.807, 2.05) is 0 Å². The summed E-state index contributed by atoms with van der Waals surface area (Å²) < 4.78 is 0. The number of rotatable bonds is 1. The van der Waals surface area contributed by atoms with E-state index in [0.29, 0.717) is 11.4 Å². The number of thiocarbonyl (C=S) groups is 1. The maximum atomic E-state index is 5.57. The lowest BCUT2D eigenvalue weighted by Gasteiger charge is -1.95. The molecule has 1 rings (SSSR count). The molecule has 0 spiro atoms. The summed E-state index contributed by atoms with van der Waals surface area (Å²) in [6.07, 6.45) is 3.06. The highest BCUT2D eigenvalue weighted by molar-refractivity contribution is 7.80. The van der Waals surface area contributed by atoms with Gasteiger partial charge in [-0.1, -0.05) is 0 Å². The topological polar surface area (TPSA) is 77.3 Å². The predicted molar refractivity (Wildman–Crippen MR) is 53.0 cm³/mol. The number of nitrogen functional groups attached to an aromatic ring is 1. The van der Waals surface area contributed by atoms with Gasteiger partial charge in [0.05, 0.1) is 11.9 Å². The van der Waals surface area contributed by atoms with Crippen molar-refractivity contribution < 1.29 is 0 Å². The Labute approximate surface area is 75.3 Å².